The van der Waals surface area contributed by atoms with Crippen molar-refractivity contribution in [3.05, 3.63) is 35.0 Å². The number of hydrogen-bond acceptors (Lipinski definition) is 1. The van der Waals surface area contributed by atoms with Crippen LogP contribution >= 0.6 is 11.6 Å². The molecule has 0 radical (unpaired) electrons. The van der Waals surface area contributed by atoms with Crippen molar-refractivity contribution in [3.8, 4) is 0 Å². The molecule has 1 heterocycles. The zero-order valence-corrected chi connectivity index (χ0v) is 11.5. The van der Waals surface area contributed by atoms with Gasteiger partial charge in [0.2, 0.25) is 0 Å². The third-order valence-corrected chi connectivity index (χ3v) is 3.21. The largest absolute Gasteiger partial charge is 0.340 e. The van der Waals surface area contributed by atoms with E-state index < -0.39 is 0 Å². The van der Waals surface area contributed by atoms with Crippen molar-refractivity contribution < 1.29 is 0 Å². The molecule has 0 aliphatic rings. The van der Waals surface area contributed by atoms with Crippen molar-refractivity contribution in [1.29, 1.82) is 0 Å². The van der Waals surface area contributed by atoms with Crippen LogP contribution in [0.2, 0.25) is 5.02 Å². The first kappa shape index (κ1) is 12.5. The van der Waals surface area contributed by atoms with Crippen molar-refractivity contribution >= 4 is 22.5 Å². The molecule has 92 valence electrons. The van der Waals surface area contributed by atoms with E-state index in [0.717, 1.165) is 16.1 Å². The number of rotatable bonds is 2. The molecule has 0 saturated heterocycles. The molecule has 0 saturated carbocycles. The molecule has 0 amide bonds. The van der Waals surface area contributed by atoms with Crippen LogP contribution in [0.1, 0.15) is 39.4 Å². The minimum absolute atomic E-state index is 0.351. The van der Waals surface area contributed by atoms with E-state index in [1.807, 2.05) is 26.0 Å². The zero-order valence-electron chi connectivity index (χ0n) is 10.8. The van der Waals surface area contributed by atoms with Crippen LogP contribution in [0.25, 0.3) is 10.9 Å². The number of halogens is 1. The molecule has 17 heavy (non-hydrogen) atoms. The van der Waals surface area contributed by atoms with Gasteiger partial charge in [-0.1, -0.05) is 11.6 Å². The maximum absolute atomic E-state index is 6.24. The Balaban J connectivity index is 2.80. The first-order chi connectivity index (χ1) is 7.80. The van der Waals surface area contributed by atoms with Gasteiger partial charge in [0.1, 0.15) is 0 Å². The summed E-state index contributed by atoms with van der Waals surface area (Å²) in [7, 11) is 0. The van der Waals surface area contributed by atoms with Gasteiger partial charge in [0.15, 0.2) is 0 Å². The van der Waals surface area contributed by atoms with Crippen LogP contribution in [0.15, 0.2) is 24.3 Å². The van der Waals surface area contributed by atoms with E-state index in [1.165, 1.54) is 5.52 Å². The van der Waals surface area contributed by atoms with E-state index in [4.69, 9.17) is 17.3 Å². The molecular weight excluding hydrogens is 232 g/mol. The highest BCUT2D eigenvalue weighted by atomic mass is 35.5. The van der Waals surface area contributed by atoms with Crippen LogP contribution in [0.4, 0.5) is 0 Å². The van der Waals surface area contributed by atoms with Gasteiger partial charge in [-0.25, -0.2) is 0 Å². The van der Waals surface area contributed by atoms with Crippen LogP contribution in [0.5, 0.6) is 0 Å². The summed E-state index contributed by atoms with van der Waals surface area (Å²) in [6, 6.07) is 8.50. The molecule has 3 heteroatoms. The molecule has 2 N–H and O–H groups in total. The van der Waals surface area contributed by atoms with Gasteiger partial charge in [0.05, 0.1) is 5.54 Å². The highest BCUT2D eigenvalue weighted by Gasteiger charge is 2.22. The Labute approximate surface area is 107 Å². The SMILES string of the molecule is CC(C)n1c(C(C)(C)N)cc2cc(Cl)ccc21. The summed E-state index contributed by atoms with van der Waals surface area (Å²) in [5.41, 5.74) is 8.23. The summed E-state index contributed by atoms with van der Waals surface area (Å²) in [5.74, 6) is 0. The maximum Gasteiger partial charge on any atom is 0.0506 e. The third kappa shape index (κ3) is 2.20. The molecule has 0 bridgehead atoms. The van der Waals surface area contributed by atoms with Gasteiger partial charge < -0.3 is 10.3 Å². The molecule has 0 fully saturated rings. The van der Waals surface area contributed by atoms with E-state index in [9.17, 15) is 0 Å². The summed E-state index contributed by atoms with van der Waals surface area (Å²) in [4.78, 5) is 0. The first-order valence-corrected chi connectivity index (χ1v) is 6.28. The number of hydrogen-bond donors (Lipinski definition) is 1. The summed E-state index contributed by atoms with van der Waals surface area (Å²) < 4.78 is 2.28. The Morgan fingerprint density at radius 3 is 2.41 bits per heavy atom. The van der Waals surface area contributed by atoms with E-state index in [1.54, 1.807) is 0 Å². The average Bonchev–Trinajstić information content (AvgIpc) is 2.55. The fourth-order valence-electron chi connectivity index (χ4n) is 2.26. The lowest BCUT2D eigenvalue weighted by Crippen LogP contribution is -2.32. The van der Waals surface area contributed by atoms with Crippen LogP contribution in [0, 0.1) is 0 Å². The summed E-state index contributed by atoms with van der Waals surface area (Å²) in [5, 5.41) is 1.92. The van der Waals surface area contributed by atoms with Crippen molar-refractivity contribution in [1.82, 2.24) is 4.57 Å². The zero-order chi connectivity index (χ0) is 12.8. The lowest BCUT2D eigenvalue weighted by atomic mass is 10.0. The number of fused-ring (bicyclic) bond motifs is 1. The van der Waals surface area contributed by atoms with Gasteiger partial charge in [-0.05, 0) is 52.0 Å². The molecule has 0 atom stereocenters. The second-order valence-corrected chi connectivity index (χ2v) is 5.85. The molecule has 2 nitrogen and oxygen atoms in total. The Bertz CT molecular complexity index is 547. The Morgan fingerprint density at radius 2 is 1.88 bits per heavy atom. The monoisotopic (exact) mass is 250 g/mol. The van der Waals surface area contributed by atoms with Gasteiger partial charge >= 0.3 is 0 Å². The molecule has 0 spiro atoms. The van der Waals surface area contributed by atoms with Gasteiger partial charge in [-0.3, -0.25) is 0 Å². The fourth-order valence-corrected chi connectivity index (χ4v) is 2.44. The van der Waals surface area contributed by atoms with Crippen molar-refractivity contribution in [2.24, 2.45) is 5.73 Å². The predicted octanol–water partition coefficient (Wildman–Crippen LogP) is 4.07. The molecule has 0 aliphatic heterocycles. The molecular formula is C14H19ClN2. The molecule has 2 rings (SSSR count). The van der Waals surface area contributed by atoms with E-state index >= 15 is 0 Å². The molecule has 2 aromatic rings. The molecule has 0 aliphatic carbocycles. The Kier molecular flexibility index (Phi) is 2.96. The van der Waals surface area contributed by atoms with Gasteiger partial charge in [0, 0.05) is 27.7 Å². The number of nitrogens with two attached hydrogens (primary N) is 1. The second-order valence-electron chi connectivity index (χ2n) is 5.42. The van der Waals surface area contributed by atoms with Crippen molar-refractivity contribution in [3.63, 3.8) is 0 Å². The second kappa shape index (κ2) is 4.04. The topological polar surface area (TPSA) is 30.9 Å². The average molecular weight is 251 g/mol. The van der Waals surface area contributed by atoms with Crippen LogP contribution in [0.3, 0.4) is 0 Å². The maximum atomic E-state index is 6.24. The Morgan fingerprint density at radius 1 is 1.24 bits per heavy atom. The molecule has 1 aromatic heterocycles. The van der Waals surface area contributed by atoms with E-state index in [-0.39, 0.29) is 5.54 Å². The third-order valence-electron chi connectivity index (χ3n) is 2.98. The van der Waals surface area contributed by atoms with Gasteiger partial charge in [0.25, 0.3) is 0 Å². The highest BCUT2D eigenvalue weighted by Crippen LogP contribution is 2.31. The Hall–Kier alpha value is -0.990. The number of nitrogens with zero attached hydrogens (tertiary/aromatic N) is 1. The normalized spacial score (nSPS) is 12.6. The minimum Gasteiger partial charge on any atom is -0.340 e. The van der Waals surface area contributed by atoms with Gasteiger partial charge in [-0.2, -0.15) is 0 Å². The van der Waals surface area contributed by atoms with Crippen molar-refractivity contribution in [2.75, 3.05) is 0 Å². The van der Waals surface area contributed by atoms with Crippen molar-refractivity contribution in [2.45, 2.75) is 39.3 Å². The van der Waals surface area contributed by atoms with Crippen LogP contribution in [-0.4, -0.2) is 4.57 Å². The first-order valence-electron chi connectivity index (χ1n) is 5.90. The summed E-state index contributed by atoms with van der Waals surface area (Å²) >= 11 is 6.03. The van der Waals surface area contributed by atoms with Gasteiger partial charge in [-0.15, -0.1) is 0 Å². The lowest BCUT2D eigenvalue weighted by molar-refractivity contribution is 0.474. The van der Waals surface area contributed by atoms with Crippen LogP contribution in [-0.2, 0) is 5.54 Å². The quantitative estimate of drug-likeness (QED) is 0.856. The number of aromatic nitrogens is 1. The van der Waals surface area contributed by atoms with E-state index in [2.05, 4.69) is 30.5 Å². The number of benzene rings is 1. The smallest absolute Gasteiger partial charge is 0.0506 e. The predicted molar refractivity (Wildman–Crippen MR) is 74.5 cm³/mol. The van der Waals surface area contributed by atoms with E-state index in [0.29, 0.717) is 6.04 Å². The highest BCUT2D eigenvalue weighted by molar-refractivity contribution is 6.31. The molecule has 1 aromatic carbocycles. The standard InChI is InChI=1S/C14H19ClN2/c1-9(2)17-12-6-5-11(15)7-10(12)8-13(17)14(3,4)16/h5-9H,16H2,1-4H3. The minimum atomic E-state index is -0.351. The lowest BCUT2D eigenvalue weighted by Gasteiger charge is -2.24. The summed E-state index contributed by atoms with van der Waals surface area (Å²) in [6.07, 6.45) is 0. The summed E-state index contributed by atoms with van der Waals surface area (Å²) in [6.45, 7) is 8.40. The fraction of sp³-hybridized carbons (Fsp3) is 0.429. The van der Waals surface area contributed by atoms with Crippen LogP contribution < -0.4 is 5.73 Å². The molecule has 0 unspecified atom stereocenters.